The molecule has 1 aliphatic heterocycles. The van der Waals surface area contributed by atoms with E-state index in [4.69, 9.17) is 0 Å². The molecule has 6 rings (SSSR count). The first-order valence-electron chi connectivity index (χ1n) is 14.9. The van der Waals surface area contributed by atoms with Gasteiger partial charge in [0.1, 0.15) is 0 Å². The van der Waals surface area contributed by atoms with Crippen LogP contribution in [0.4, 0.5) is 11.6 Å². The number of aromatic nitrogens is 6. The molecule has 0 spiro atoms. The lowest BCUT2D eigenvalue weighted by Gasteiger charge is -2.34. The van der Waals surface area contributed by atoms with Crippen LogP contribution in [0.1, 0.15) is 51.6 Å². The number of anilines is 2. The quantitative estimate of drug-likeness (QED) is 0.317. The van der Waals surface area contributed by atoms with Gasteiger partial charge in [-0.2, -0.15) is 0 Å². The van der Waals surface area contributed by atoms with Crippen molar-refractivity contribution in [1.82, 2.24) is 28.5 Å². The molecular formula is C31H38N8O3. The first-order valence-corrected chi connectivity index (χ1v) is 14.9. The lowest BCUT2D eigenvalue weighted by Crippen LogP contribution is -2.45. The molecule has 42 heavy (non-hydrogen) atoms. The van der Waals surface area contributed by atoms with E-state index in [2.05, 4.69) is 39.5 Å². The summed E-state index contributed by atoms with van der Waals surface area (Å²) in [7, 11) is 1.73. The molecule has 0 unspecified atom stereocenters. The second kappa shape index (κ2) is 10.8. The number of rotatable bonds is 7. The Morgan fingerprint density at radius 2 is 1.50 bits per heavy atom. The highest BCUT2D eigenvalue weighted by atomic mass is 16.2. The first-order chi connectivity index (χ1) is 20.3. The summed E-state index contributed by atoms with van der Waals surface area (Å²) in [5.74, 6) is 1.45. The van der Waals surface area contributed by atoms with Crippen molar-refractivity contribution in [2.45, 2.75) is 66.1 Å². The van der Waals surface area contributed by atoms with Crippen molar-refractivity contribution in [3.05, 3.63) is 67.2 Å². The van der Waals surface area contributed by atoms with Gasteiger partial charge in [-0.3, -0.25) is 23.1 Å². The number of hydrogen-bond acceptors (Lipinski definition) is 7. The maximum atomic E-state index is 13.5. The van der Waals surface area contributed by atoms with E-state index in [-0.39, 0.29) is 23.0 Å². The van der Waals surface area contributed by atoms with E-state index in [1.54, 1.807) is 20.7 Å². The van der Waals surface area contributed by atoms with Crippen molar-refractivity contribution in [2.75, 3.05) is 29.9 Å². The average molecular weight is 571 g/mol. The Bertz CT molecular complexity index is 2010. The molecule has 1 aliphatic rings. The van der Waals surface area contributed by atoms with Crippen molar-refractivity contribution in [1.29, 1.82) is 0 Å². The fourth-order valence-corrected chi connectivity index (χ4v) is 6.42. The molecule has 0 amide bonds. The van der Waals surface area contributed by atoms with E-state index in [0.717, 1.165) is 46.2 Å². The summed E-state index contributed by atoms with van der Waals surface area (Å²) >= 11 is 0. The second-order valence-electron chi connectivity index (χ2n) is 11.2. The molecule has 4 heterocycles. The number of hydrogen-bond donors (Lipinski definition) is 1. The van der Waals surface area contributed by atoms with Gasteiger partial charge in [-0.1, -0.05) is 18.6 Å². The molecule has 0 radical (unpaired) electrons. The monoisotopic (exact) mass is 570 g/mol. The summed E-state index contributed by atoms with van der Waals surface area (Å²) in [6.07, 6.45) is 2.19. The van der Waals surface area contributed by atoms with Crippen molar-refractivity contribution < 1.29 is 0 Å². The summed E-state index contributed by atoms with van der Waals surface area (Å²) in [4.78, 5) is 42.2. The molecule has 11 heteroatoms. The number of imidazole rings is 1. The molecule has 11 nitrogen and oxygen atoms in total. The molecule has 220 valence electrons. The van der Waals surface area contributed by atoms with Gasteiger partial charge in [0.05, 0.1) is 21.9 Å². The largest absolute Gasteiger partial charge is 0.368 e. The van der Waals surface area contributed by atoms with Gasteiger partial charge in [-0.15, -0.1) is 10.2 Å². The molecule has 1 saturated heterocycles. The van der Waals surface area contributed by atoms with Gasteiger partial charge in [0.25, 0.3) is 5.56 Å². The molecule has 0 aliphatic carbocycles. The van der Waals surface area contributed by atoms with Gasteiger partial charge in [0.15, 0.2) is 11.6 Å². The second-order valence-corrected chi connectivity index (χ2v) is 11.2. The Hall–Kier alpha value is -4.41. The topological polar surface area (TPSA) is 112 Å². The summed E-state index contributed by atoms with van der Waals surface area (Å²) in [5.41, 5.74) is 2.86. The third kappa shape index (κ3) is 4.29. The number of nitrogens with zero attached hydrogens (tertiary/aromatic N) is 7. The number of piperidine rings is 1. The third-order valence-electron chi connectivity index (χ3n) is 8.66. The standard InChI is InChI=1S/C31H38N8O3/c1-6-13-32-27-21-17-25-26(38(8-3)31(42)37(25)7-2)18-22(21)28(34-33-27)36-14-11-20(12-15-36)39-29(40)23-16-19(4)9-10-24(23)35(5)30(39)41/h9-10,16-18,20H,6-8,11-15H2,1-5H3,(H,32,33). The van der Waals surface area contributed by atoms with Crippen molar-refractivity contribution >= 4 is 44.3 Å². The molecule has 2 aromatic carbocycles. The summed E-state index contributed by atoms with van der Waals surface area (Å²) in [6, 6.07) is 9.54. The lowest BCUT2D eigenvalue weighted by atomic mass is 10.0. The Balaban J connectivity index is 1.41. The fourth-order valence-electron chi connectivity index (χ4n) is 6.42. The van der Waals surface area contributed by atoms with E-state index in [1.165, 1.54) is 4.57 Å². The zero-order chi connectivity index (χ0) is 29.7. The van der Waals surface area contributed by atoms with Crippen LogP contribution in [-0.4, -0.2) is 48.1 Å². The maximum absolute atomic E-state index is 13.5. The Labute approximate surface area is 243 Å². The molecule has 1 fully saturated rings. The summed E-state index contributed by atoms with van der Waals surface area (Å²) in [6.45, 7) is 11.2. The van der Waals surface area contributed by atoms with Crippen LogP contribution in [0.25, 0.3) is 32.7 Å². The minimum Gasteiger partial charge on any atom is -0.368 e. The molecule has 1 N–H and O–H groups in total. The maximum Gasteiger partial charge on any atom is 0.331 e. The predicted octanol–water partition coefficient (Wildman–Crippen LogP) is 3.77. The highest BCUT2D eigenvalue weighted by molar-refractivity contribution is 6.05. The van der Waals surface area contributed by atoms with Gasteiger partial charge in [0, 0.05) is 56.6 Å². The van der Waals surface area contributed by atoms with Crippen LogP contribution in [0.3, 0.4) is 0 Å². The van der Waals surface area contributed by atoms with Gasteiger partial charge >= 0.3 is 11.4 Å². The zero-order valence-corrected chi connectivity index (χ0v) is 25.0. The molecule has 0 saturated carbocycles. The predicted molar refractivity (Wildman–Crippen MR) is 168 cm³/mol. The Morgan fingerprint density at radius 1 is 0.833 bits per heavy atom. The van der Waals surface area contributed by atoms with Crippen LogP contribution in [-0.2, 0) is 20.1 Å². The number of aryl methyl sites for hydroxylation is 4. The fraction of sp³-hybridized carbons (Fsp3) is 0.452. The third-order valence-corrected chi connectivity index (χ3v) is 8.66. The number of fused-ring (bicyclic) bond motifs is 3. The smallest absolute Gasteiger partial charge is 0.331 e. The number of nitrogens with one attached hydrogen (secondary N) is 1. The highest BCUT2D eigenvalue weighted by Crippen LogP contribution is 2.34. The van der Waals surface area contributed by atoms with Crippen molar-refractivity contribution in [3.8, 4) is 0 Å². The van der Waals surface area contributed by atoms with E-state index < -0.39 is 0 Å². The van der Waals surface area contributed by atoms with E-state index >= 15 is 0 Å². The Kier molecular flexibility index (Phi) is 7.12. The van der Waals surface area contributed by atoms with Crippen molar-refractivity contribution in [2.24, 2.45) is 7.05 Å². The van der Waals surface area contributed by atoms with Crippen LogP contribution in [0.15, 0.2) is 44.7 Å². The van der Waals surface area contributed by atoms with Crippen LogP contribution in [0, 0.1) is 6.92 Å². The molecule has 0 atom stereocenters. The summed E-state index contributed by atoms with van der Waals surface area (Å²) < 4.78 is 6.62. The van der Waals surface area contributed by atoms with Gasteiger partial charge in [0.2, 0.25) is 0 Å². The van der Waals surface area contributed by atoms with E-state index in [1.807, 2.05) is 39.0 Å². The van der Waals surface area contributed by atoms with Crippen LogP contribution >= 0.6 is 0 Å². The van der Waals surface area contributed by atoms with Gasteiger partial charge < -0.3 is 10.2 Å². The average Bonchev–Trinajstić information content (AvgIpc) is 3.27. The van der Waals surface area contributed by atoms with Crippen molar-refractivity contribution in [3.63, 3.8) is 0 Å². The number of benzene rings is 2. The SMILES string of the molecule is CCCNc1nnc(N2CCC(n3c(=O)c4cc(C)ccc4n(C)c3=O)CC2)c2cc3c(cc12)n(CC)c(=O)n3CC. The molecule has 5 aromatic rings. The van der Waals surface area contributed by atoms with E-state index in [9.17, 15) is 14.4 Å². The van der Waals surface area contributed by atoms with E-state index in [0.29, 0.717) is 55.7 Å². The minimum absolute atomic E-state index is 0.0192. The first kappa shape index (κ1) is 27.7. The molecule has 3 aromatic heterocycles. The van der Waals surface area contributed by atoms with Gasteiger partial charge in [-0.05, 0) is 64.3 Å². The molecular weight excluding hydrogens is 532 g/mol. The highest BCUT2D eigenvalue weighted by Gasteiger charge is 2.27. The van der Waals surface area contributed by atoms with Crippen LogP contribution < -0.4 is 27.2 Å². The summed E-state index contributed by atoms with van der Waals surface area (Å²) in [5, 5.41) is 15.1. The van der Waals surface area contributed by atoms with Crippen LogP contribution in [0.2, 0.25) is 0 Å². The Morgan fingerprint density at radius 3 is 2.14 bits per heavy atom. The molecule has 0 bridgehead atoms. The zero-order valence-electron chi connectivity index (χ0n) is 25.0. The normalized spacial score (nSPS) is 14.5. The minimum atomic E-state index is -0.285. The van der Waals surface area contributed by atoms with Crippen LogP contribution in [0.5, 0.6) is 0 Å². The lowest BCUT2D eigenvalue weighted by molar-refractivity contribution is 0.370. The van der Waals surface area contributed by atoms with Gasteiger partial charge in [-0.25, -0.2) is 9.59 Å².